The third-order valence-corrected chi connectivity index (χ3v) is 4.83. The molecule has 0 saturated heterocycles. The second kappa shape index (κ2) is 7.73. The molecular weight excluding hydrogens is 384 g/mol. The highest BCUT2D eigenvalue weighted by molar-refractivity contribution is 7.13. The summed E-state index contributed by atoms with van der Waals surface area (Å²) >= 11 is 7.36. The van der Waals surface area contributed by atoms with E-state index in [2.05, 4.69) is 9.97 Å². The third kappa shape index (κ3) is 4.07. The van der Waals surface area contributed by atoms with Gasteiger partial charge in [-0.2, -0.15) is 0 Å². The largest absolute Gasteiger partial charge is 0.454 e. The molecule has 0 spiro atoms. The fraction of sp³-hybridized carbons (Fsp3) is 0.0500. The number of esters is 1. The Morgan fingerprint density at radius 1 is 1.07 bits per heavy atom. The van der Waals surface area contributed by atoms with Crippen LogP contribution >= 0.6 is 22.9 Å². The average molecular weight is 397 g/mol. The average Bonchev–Trinajstić information content (AvgIpc) is 3.37. The Kier molecular flexibility index (Phi) is 5.00. The van der Waals surface area contributed by atoms with Crippen LogP contribution in [-0.4, -0.2) is 15.9 Å². The van der Waals surface area contributed by atoms with E-state index in [1.165, 1.54) is 17.6 Å². The van der Waals surface area contributed by atoms with Gasteiger partial charge >= 0.3 is 5.97 Å². The Hall–Kier alpha value is -2.96. The van der Waals surface area contributed by atoms with Crippen LogP contribution in [0.4, 0.5) is 0 Å². The van der Waals surface area contributed by atoms with Crippen LogP contribution in [0.15, 0.2) is 70.7 Å². The summed E-state index contributed by atoms with van der Waals surface area (Å²) in [7, 11) is 0. The SMILES string of the molecule is O=C(OCc1coc(-c2ccccc2)n1)c1csc(-c2cccc(Cl)c2)n1. The van der Waals surface area contributed by atoms with Crippen molar-refractivity contribution in [2.45, 2.75) is 6.61 Å². The zero-order valence-electron chi connectivity index (χ0n) is 14.0. The molecule has 0 unspecified atom stereocenters. The molecule has 0 amide bonds. The van der Waals surface area contributed by atoms with Crippen LogP contribution in [0, 0.1) is 0 Å². The summed E-state index contributed by atoms with van der Waals surface area (Å²) in [4.78, 5) is 20.9. The molecule has 4 aromatic rings. The predicted octanol–water partition coefficient (Wildman–Crippen LogP) is 5.48. The summed E-state index contributed by atoms with van der Waals surface area (Å²) in [6.45, 7) is 0.0131. The van der Waals surface area contributed by atoms with Gasteiger partial charge in [0.25, 0.3) is 0 Å². The Bertz CT molecular complexity index is 1080. The molecule has 7 heteroatoms. The van der Waals surface area contributed by atoms with Gasteiger partial charge in [0.15, 0.2) is 5.69 Å². The number of carbonyl (C=O) groups is 1. The normalized spacial score (nSPS) is 10.7. The highest BCUT2D eigenvalue weighted by Crippen LogP contribution is 2.26. The molecule has 0 N–H and O–H groups in total. The molecule has 4 rings (SSSR count). The molecule has 2 heterocycles. The quantitative estimate of drug-likeness (QED) is 0.418. The van der Waals surface area contributed by atoms with Gasteiger partial charge in [-0.05, 0) is 24.3 Å². The second-order valence-electron chi connectivity index (χ2n) is 5.63. The van der Waals surface area contributed by atoms with Crippen molar-refractivity contribution in [3.05, 3.63) is 82.7 Å². The number of rotatable bonds is 5. The molecule has 134 valence electrons. The lowest BCUT2D eigenvalue weighted by Gasteiger charge is -1.99. The number of nitrogens with zero attached hydrogens (tertiary/aromatic N) is 2. The van der Waals surface area contributed by atoms with Crippen molar-refractivity contribution < 1.29 is 13.9 Å². The van der Waals surface area contributed by atoms with Gasteiger partial charge in [-0.15, -0.1) is 11.3 Å². The van der Waals surface area contributed by atoms with Crippen molar-refractivity contribution in [1.82, 2.24) is 9.97 Å². The van der Waals surface area contributed by atoms with E-state index < -0.39 is 5.97 Å². The highest BCUT2D eigenvalue weighted by Gasteiger charge is 2.15. The minimum Gasteiger partial charge on any atom is -0.454 e. The van der Waals surface area contributed by atoms with Crippen LogP contribution in [-0.2, 0) is 11.3 Å². The van der Waals surface area contributed by atoms with Gasteiger partial charge in [0.05, 0.1) is 0 Å². The highest BCUT2D eigenvalue weighted by atomic mass is 35.5. The maximum Gasteiger partial charge on any atom is 0.358 e. The molecule has 0 aliphatic heterocycles. The Morgan fingerprint density at radius 2 is 1.89 bits per heavy atom. The van der Waals surface area contributed by atoms with E-state index in [-0.39, 0.29) is 12.3 Å². The summed E-state index contributed by atoms with van der Waals surface area (Å²) in [6, 6.07) is 16.8. The number of aromatic nitrogens is 2. The fourth-order valence-electron chi connectivity index (χ4n) is 2.42. The molecule has 2 aromatic heterocycles. The van der Waals surface area contributed by atoms with E-state index >= 15 is 0 Å². The van der Waals surface area contributed by atoms with Crippen molar-refractivity contribution in [3.63, 3.8) is 0 Å². The monoisotopic (exact) mass is 396 g/mol. The van der Waals surface area contributed by atoms with E-state index in [0.29, 0.717) is 21.6 Å². The summed E-state index contributed by atoms with van der Waals surface area (Å²) in [6.07, 6.45) is 1.48. The van der Waals surface area contributed by atoms with Crippen molar-refractivity contribution in [3.8, 4) is 22.0 Å². The number of halogens is 1. The summed E-state index contributed by atoms with van der Waals surface area (Å²) in [5.74, 6) is -0.0256. The number of hydrogen-bond acceptors (Lipinski definition) is 6. The van der Waals surface area contributed by atoms with Crippen LogP contribution in [0.3, 0.4) is 0 Å². The predicted molar refractivity (Wildman–Crippen MR) is 104 cm³/mol. The Balaban J connectivity index is 1.41. The van der Waals surface area contributed by atoms with E-state index in [1.807, 2.05) is 42.5 Å². The van der Waals surface area contributed by atoms with E-state index in [1.54, 1.807) is 17.5 Å². The zero-order chi connectivity index (χ0) is 18.6. The van der Waals surface area contributed by atoms with Crippen LogP contribution in [0.25, 0.3) is 22.0 Å². The number of ether oxygens (including phenoxy) is 1. The van der Waals surface area contributed by atoms with Gasteiger partial charge in [0.1, 0.15) is 23.6 Å². The molecule has 27 heavy (non-hydrogen) atoms. The molecule has 0 atom stereocenters. The van der Waals surface area contributed by atoms with Crippen molar-refractivity contribution in [2.24, 2.45) is 0 Å². The van der Waals surface area contributed by atoms with Crippen LogP contribution in [0.5, 0.6) is 0 Å². The Morgan fingerprint density at radius 3 is 2.70 bits per heavy atom. The molecule has 0 radical (unpaired) electrons. The molecule has 5 nitrogen and oxygen atoms in total. The van der Waals surface area contributed by atoms with Gasteiger partial charge in [-0.3, -0.25) is 0 Å². The van der Waals surface area contributed by atoms with Crippen LogP contribution in [0.2, 0.25) is 5.02 Å². The second-order valence-corrected chi connectivity index (χ2v) is 6.93. The minimum absolute atomic E-state index is 0.0131. The van der Waals surface area contributed by atoms with E-state index in [9.17, 15) is 4.79 Å². The minimum atomic E-state index is -0.510. The lowest BCUT2D eigenvalue weighted by Crippen LogP contribution is -2.05. The van der Waals surface area contributed by atoms with E-state index in [0.717, 1.165) is 11.1 Å². The van der Waals surface area contributed by atoms with Gasteiger partial charge < -0.3 is 9.15 Å². The number of oxazole rings is 1. The first-order chi connectivity index (χ1) is 13.2. The van der Waals surface area contributed by atoms with Gasteiger partial charge in [0, 0.05) is 21.5 Å². The molecular formula is C20H13ClN2O3S. The van der Waals surface area contributed by atoms with Crippen molar-refractivity contribution >= 4 is 28.9 Å². The van der Waals surface area contributed by atoms with Crippen LogP contribution < -0.4 is 0 Å². The standard InChI is InChI=1S/C20H13ClN2O3S/c21-15-8-4-7-14(9-15)19-23-17(12-27-19)20(24)26-11-16-10-25-18(22-16)13-5-2-1-3-6-13/h1-10,12H,11H2. The van der Waals surface area contributed by atoms with Gasteiger partial charge in [-0.1, -0.05) is 41.9 Å². The lowest BCUT2D eigenvalue weighted by atomic mass is 10.2. The maximum atomic E-state index is 12.2. The first-order valence-electron chi connectivity index (χ1n) is 8.07. The van der Waals surface area contributed by atoms with Crippen LogP contribution in [0.1, 0.15) is 16.2 Å². The maximum absolute atomic E-state index is 12.2. The first-order valence-corrected chi connectivity index (χ1v) is 9.33. The third-order valence-electron chi connectivity index (χ3n) is 3.71. The number of benzene rings is 2. The molecule has 0 fully saturated rings. The first kappa shape index (κ1) is 17.5. The van der Waals surface area contributed by atoms with Gasteiger partial charge in [0.2, 0.25) is 5.89 Å². The Labute approximate surface area is 164 Å². The van der Waals surface area contributed by atoms with E-state index in [4.69, 9.17) is 20.8 Å². The summed E-state index contributed by atoms with van der Waals surface area (Å²) in [5, 5.41) is 2.99. The number of carbonyl (C=O) groups excluding carboxylic acids is 1. The molecule has 0 aliphatic carbocycles. The van der Waals surface area contributed by atoms with Crippen molar-refractivity contribution in [2.75, 3.05) is 0 Å². The van der Waals surface area contributed by atoms with Crippen molar-refractivity contribution in [1.29, 1.82) is 0 Å². The molecule has 0 bridgehead atoms. The lowest BCUT2D eigenvalue weighted by molar-refractivity contribution is 0.0462. The smallest absolute Gasteiger partial charge is 0.358 e. The zero-order valence-corrected chi connectivity index (χ0v) is 15.5. The number of hydrogen-bond donors (Lipinski definition) is 0. The van der Waals surface area contributed by atoms with Gasteiger partial charge in [-0.25, -0.2) is 14.8 Å². The molecule has 0 saturated carbocycles. The molecule has 0 aliphatic rings. The topological polar surface area (TPSA) is 65.2 Å². The summed E-state index contributed by atoms with van der Waals surface area (Å²) in [5.41, 5.74) is 2.51. The molecule has 2 aromatic carbocycles. The number of thiazole rings is 1. The summed E-state index contributed by atoms with van der Waals surface area (Å²) < 4.78 is 10.7. The fourth-order valence-corrected chi connectivity index (χ4v) is 3.40.